The van der Waals surface area contributed by atoms with Crippen LogP contribution in [-0.2, 0) is 10.0 Å². The number of aromatic nitrogens is 2. The van der Waals surface area contributed by atoms with Crippen molar-refractivity contribution in [3.05, 3.63) is 29.6 Å². The van der Waals surface area contributed by atoms with E-state index in [9.17, 15) is 8.42 Å². The Morgan fingerprint density at radius 2 is 1.72 bits per heavy atom. The van der Waals surface area contributed by atoms with Gasteiger partial charge in [-0.15, -0.1) is 0 Å². The van der Waals surface area contributed by atoms with Crippen LogP contribution in [0.15, 0.2) is 23.1 Å². The monoisotopic (exact) mass is 365 g/mol. The number of methoxy groups -OCH3 is 1. The van der Waals surface area contributed by atoms with E-state index in [0.717, 1.165) is 6.42 Å². The minimum absolute atomic E-state index is 0.0753. The Labute approximate surface area is 146 Å². The maximum atomic E-state index is 12.7. The maximum Gasteiger partial charge on any atom is 0.316 e. The van der Waals surface area contributed by atoms with Gasteiger partial charge in [0.2, 0.25) is 0 Å². The van der Waals surface area contributed by atoms with Gasteiger partial charge in [0, 0.05) is 12.5 Å². The minimum atomic E-state index is -3.83. The molecule has 0 saturated carbocycles. The number of nitrogens with one attached hydrogen (secondary N) is 1. The zero-order valence-corrected chi connectivity index (χ0v) is 15.0. The second-order valence-electron chi connectivity index (χ2n) is 5.52. The van der Waals surface area contributed by atoms with E-state index < -0.39 is 10.0 Å². The largest absolute Gasteiger partial charge is 0.490 e. The van der Waals surface area contributed by atoms with E-state index in [4.69, 9.17) is 14.2 Å². The molecule has 0 spiro atoms. The highest BCUT2D eigenvalue weighted by Crippen LogP contribution is 2.33. The molecular weight excluding hydrogens is 346 g/mol. The average molecular weight is 365 g/mol. The summed E-state index contributed by atoms with van der Waals surface area (Å²) >= 11 is 0. The molecule has 25 heavy (non-hydrogen) atoms. The predicted octanol–water partition coefficient (Wildman–Crippen LogP) is 2.06. The molecule has 2 heterocycles. The third kappa shape index (κ3) is 3.60. The quantitative estimate of drug-likeness (QED) is 0.885. The van der Waals surface area contributed by atoms with Gasteiger partial charge in [-0.05, 0) is 26.0 Å². The van der Waals surface area contributed by atoms with Crippen LogP contribution in [0.25, 0.3) is 0 Å². The minimum Gasteiger partial charge on any atom is -0.490 e. The maximum absolute atomic E-state index is 12.7. The molecule has 1 aromatic heterocycles. The molecule has 0 fully saturated rings. The van der Waals surface area contributed by atoms with Gasteiger partial charge in [-0.25, -0.2) is 8.42 Å². The van der Waals surface area contributed by atoms with E-state index in [2.05, 4.69) is 14.7 Å². The molecule has 1 aromatic carbocycles. The lowest BCUT2D eigenvalue weighted by molar-refractivity contribution is 0.297. The highest BCUT2D eigenvalue weighted by atomic mass is 32.2. The molecule has 0 bridgehead atoms. The van der Waals surface area contributed by atoms with Crippen LogP contribution in [0.4, 0.5) is 5.69 Å². The lowest BCUT2D eigenvalue weighted by Crippen LogP contribution is -2.16. The van der Waals surface area contributed by atoms with E-state index in [-0.39, 0.29) is 10.9 Å². The van der Waals surface area contributed by atoms with Crippen molar-refractivity contribution in [2.24, 2.45) is 0 Å². The Balaban J connectivity index is 1.94. The van der Waals surface area contributed by atoms with E-state index >= 15 is 0 Å². The fraction of sp³-hybridized carbons (Fsp3) is 0.375. The Bertz CT molecular complexity index is 876. The number of hydrogen-bond acceptors (Lipinski definition) is 7. The molecule has 1 N–H and O–H groups in total. The van der Waals surface area contributed by atoms with Crippen LogP contribution in [0.1, 0.15) is 17.8 Å². The Hall–Kier alpha value is -2.55. The molecule has 1 aliphatic heterocycles. The van der Waals surface area contributed by atoms with E-state index in [1.807, 2.05) is 0 Å². The van der Waals surface area contributed by atoms with Gasteiger partial charge in [0.1, 0.15) is 0 Å². The van der Waals surface area contributed by atoms with Crippen molar-refractivity contribution in [2.75, 3.05) is 25.0 Å². The number of sulfonamides is 1. The highest BCUT2D eigenvalue weighted by molar-refractivity contribution is 7.92. The average Bonchev–Trinajstić information content (AvgIpc) is 2.82. The first-order chi connectivity index (χ1) is 11.9. The second kappa shape index (κ2) is 6.75. The van der Waals surface area contributed by atoms with Crippen molar-refractivity contribution >= 4 is 15.7 Å². The molecular formula is C16H19N3O5S. The first-order valence-electron chi connectivity index (χ1n) is 7.72. The van der Waals surface area contributed by atoms with E-state index in [0.29, 0.717) is 41.8 Å². The molecule has 0 aliphatic carbocycles. The molecule has 0 radical (unpaired) electrons. The van der Waals surface area contributed by atoms with Crippen molar-refractivity contribution < 1.29 is 22.6 Å². The van der Waals surface area contributed by atoms with Gasteiger partial charge in [-0.1, -0.05) is 0 Å². The van der Waals surface area contributed by atoms with Gasteiger partial charge < -0.3 is 14.2 Å². The first-order valence-corrected chi connectivity index (χ1v) is 9.21. The molecule has 8 nitrogen and oxygen atoms in total. The van der Waals surface area contributed by atoms with E-state index in [1.54, 1.807) is 19.9 Å². The van der Waals surface area contributed by atoms with Gasteiger partial charge in [-0.2, -0.15) is 9.97 Å². The van der Waals surface area contributed by atoms with Gasteiger partial charge >= 0.3 is 6.01 Å². The normalized spacial score (nSPS) is 13.9. The van der Waals surface area contributed by atoms with Crippen molar-refractivity contribution in [3.63, 3.8) is 0 Å². The fourth-order valence-electron chi connectivity index (χ4n) is 2.43. The summed E-state index contributed by atoms with van der Waals surface area (Å²) in [6.07, 6.45) is 0.747. The van der Waals surface area contributed by atoms with Crippen LogP contribution in [0, 0.1) is 13.8 Å². The molecule has 1 aliphatic rings. The van der Waals surface area contributed by atoms with Crippen LogP contribution >= 0.6 is 0 Å². The van der Waals surface area contributed by atoms with Gasteiger partial charge in [-0.3, -0.25) is 4.72 Å². The topological polar surface area (TPSA) is 99.6 Å². The smallest absolute Gasteiger partial charge is 0.316 e. The summed E-state index contributed by atoms with van der Waals surface area (Å²) < 4.78 is 44.1. The molecule has 2 aromatic rings. The molecule has 134 valence electrons. The van der Waals surface area contributed by atoms with Crippen LogP contribution in [-0.4, -0.2) is 38.7 Å². The third-order valence-corrected chi connectivity index (χ3v) is 5.05. The summed E-state index contributed by atoms with van der Waals surface area (Å²) in [4.78, 5) is 8.29. The van der Waals surface area contributed by atoms with Crippen molar-refractivity contribution in [3.8, 4) is 17.5 Å². The lowest BCUT2D eigenvalue weighted by Gasteiger charge is -2.14. The Morgan fingerprint density at radius 3 is 2.36 bits per heavy atom. The van der Waals surface area contributed by atoms with Crippen molar-refractivity contribution in [2.45, 2.75) is 25.2 Å². The fourth-order valence-corrected chi connectivity index (χ4v) is 3.62. The number of nitrogens with zero attached hydrogens (tertiary/aromatic N) is 2. The number of benzene rings is 1. The van der Waals surface area contributed by atoms with E-state index in [1.165, 1.54) is 19.2 Å². The number of fused-ring (bicyclic) bond motifs is 1. The Kier molecular flexibility index (Phi) is 4.67. The molecule has 0 atom stereocenters. The number of anilines is 1. The zero-order valence-electron chi connectivity index (χ0n) is 14.2. The molecule has 0 unspecified atom stereocenters. The van der Waals surface area contributed by atoms with Crippen LogP contribution < -0.4 is 18.9 Å². The summed E-state index contributed by atoms with van der Waals surface area (Å²) in [6, 6.07) is 4.72. The molecule has 0 saturated heterocycles. The summed E-state index contributed by atoms with van der Waals surface area (Å²) in [5.74, 6) is 0.955. The summed E-state index contributed by atoms with van der Waals surface area (Å²) in [6.45, 7) is 4.39. The summed E-state index contributed by atoms with van der Waals surface area (Å²) in [5, 5.41) is 0. The molecule has 3 rings (SSSR count). The third-order valence-electron chi connectivity index (χ3n) is 3.70. The number of aryl methyl sites for hydroxylation is 2. The van der Waals surface area contributed by atoms with Crippen LogP contribution in [0.3, 0.4) is 0 Å². The highest BCUT2D eigenvalue weighted by Gasteiger charge is 2.21. The number of ether oxygens (including phenoxy) is 3. The second-order valence-corrected chi connectivity index (χ2v) is 7.20. The standard InChI is InChI=1S/C16H19N3O5S/c1-10-15(11(2)18-16(17-10)22-3)19-25(20,21)12-5-6-13-14(9-12)24-8-4-7-23-13/h5-6,9,19H,4,7-8H2,1-3H3. The van der Waals surface area contributed by atoms with Crippen LogP contribution in [0.5, 0.6) is 17.5 Å². The Morgan fingerprint density at radius 1 is 1.08 bits per heavy atom. The lowest BCUT2D eigenvalue weighted by atomic mass is 10.3. The van der Waals surface area contributed by atoms with Gasteiger partial charge in [0.15, 0.2) is 11.5 Å². The summed E-state index contributed by atoms with van der Waals surface area (Å²) in [5.41, 5.74) is 1.28. The summed E-state index contributed by atoms with van der Waals surface area (Å²) in [7, 11) is -2.38. The number of hydrogen-bond donors (Lipinski definition) is 1. The van der Waals surface area contributed by atoms with Crippen molar-refractivity contribution in [1.82, 2.24) is 9.97 Å². The molecule has 0 amide bonds. The van der Waals surface area contributed by atoms with Gasteiger partial charge in [0.25, 0.3) is 10.0 Å². The first kappa shape index (κ1) is 17.3. The van der Waals surface area contributed by atoms with Crippen LogP contribution in [0.2, 0.25) is 0 Å². The SMILES string of the molecule is COc1nc(C)c(NS(=O)(=O)c2ccc3c(c2)OCCCO3)c(C)n1. The van der Waals surface area contributed by atoms with Crippen molar-refractivity contribution in [1.29, 1.82) is 0 Å². The predicted molar refractivity (Wildman–Crippen MR) is 90.9 cm³/mol. The number of rotatable bonds is 4. The van der Waals surface area contributed by atoms with Gasteiger partial charge in [0.05, 0.1) is 42.3 Å². The zero-order chi connectivity index (χ0) is 18.0. The molecule has 9 heteroatoms.